The number of Topliss-reactive ketones (excluding diaryl/α,β-unsaturated/α-hetero) is 1. The Hall–Kier alpha value is -4.06. The average molecular weight is 626 g/mol. The maximum atomic E-state index is 14.1. The normalized spacial score (nSPS) is 33.2. The lowest BCUT2D eigenvalue weighted by atomic mass is 9.46. The summed E-state index contributed by atoms with van der Waals surface area (Å²) >= 11 is 0. The van der Waals surface area contributed by atoms with Crippen LogP contribution in [0.1, 0.15) is 64.0 Å². The summed E-state index contributed by atoms with van der Waals surface area (Å²) in [4.78, 5) is 66.5. The molecule has 7 atom stereocenters. The van der Waals surface area contributed by atoms with Gasteiger partial charge in [-0.3, -0.25) is 14.4 Å². The number of esters is 1. The highest BCUT2D eigenvalue weighted by atomic mass is 16.9. The summed E-state index contributed by atoms with van der Waals surface area (Å²) in [5.41, 5.74) is -1.01. The quantitative estimate of drug-likeness (QED) is 0.224. The maximum absolute atomic E-state index is 14.1. The van der Waals surface area contributed by atoms with Gasteiger partial charge in [-0.25, -0.2) is 4.79 Å². The van der Waals surface area contributed by atoms with Gasteiger partial charge in [-0.15, -0.1) is 10.1 Å². The molecule has 3 saturated carbocycles. The summed E-state index contributed by atoms with van der Waals surface area (Å²) in [6.45, 7) is 4.75. The number of hydrogen-bond donors (Lipinski definition) is 1. The molecule has 0 heterocycles. The number of aliphatic hydroxyl groups excluding tert-OH is 1. The van der Waals surface area contributed by atoms with Crippen molar-refractivity contribution in [1.29, 1.82) is 0 Å². The lowest BCUT2D eigenvalue weighted by Gasteiger charge is -2.59. The fraction of sp³-hybridized carbons (Fsp3) is 0.576. The van der Waals surface area contributed by atoms with Crippen molar-refractivity contribution < 1.29 is 48.4 Å². The van der Waals surface area contributed by atoms with Crippen LogP contribution < -0.4 is 0 Å². The molecule has 1 aromatic carbocycles. The van der Waals surface area contributed by atoms with Gasteiger partial charge in [0, 0.05) is 16.7 Å². The van der Waals surface area contributed by atoms with Crippen LogP contribution >= 0.6 is 0 Å². The monoisotopic (exact) mass is 625 g/mol. The van der Waals surface area contributed by atoms with E-state index in [0.717, 1.165) is 12.0 Å². The molecule has 3 unspecified atom stereocenters. The molecular formula is C33H39NO11. The van der Waals surface area contributed by atoms with Crippen molar-refractivity contribution in [3.8, 4) is 0 Å². The van der Waals surface area contributed by atoms with Crippen molar-refractivity contribution in [1.82, 2.24) is 0 Å². The first-order valence-corrected chi connectivity index (χ1v) is 15.3. The van der Waals surface area contributed by atoms with Gasteiger partial charge >= 0.3 is 12.1 Å². The van der Waals surface area contributed by atoms with E-state index >= 15 is 0 Å². The third-order valence-corrected chi connectivity index (χ3v) is 10.7. The smallest absolute Gasteiger partial charge is 0.457 e. The molecule has 1 N–H and O–H groups in total. The molecule has 4 aliphatic rings. The van der Waals surface area contributed by atoms with E-state index in [1.54, 1.807) is 43.3 Å². The summed E-state index contributed by atoms with van der Waals surface area (Å²) in [5, 5.41) is 21.3. The number of carbonyl (C=O) groups excluding carboxylic acids is 4. The Balaban J connectivity index is 1.34. The minimum Gasteiger partial charge on any atom is -0.457 e. The van der Waals surface area contributed by atoms with E-state index in [1.807, 2.05) is 13.0 Å². The number of ketones is 2. The van der Waals surface area contributed by atoms with Crippen LogP contribution in [-0.2, 0) is 46.5 Å². The number of allylic oxidation sites excluding steroid dienone is 4. The maximum Gasteiger partial charge on any atom is 0.509 e. The molecule has 4 aliphatic carbocycles. The Morgan fingerprint density at radius 2 is 1.80 bits per heavy atom. The molecule has 0 aliphatic heterocycles. The summed E-state index contributed by atoms with van der Waals surface area (Å²) < 4.78 is 16.4. The summed E-state index contributed by atoms with van der Waals surface area (Å²) in [5.74, 6) is -1.56. The fourth-order valence-corrected chi connectivity index (χ4v) is 8.65. The largest absolute Gasteiger partial charge is 0.509 e. The van der Waals surface area contributed by atoms with E-state index in [2.05, 4.69) is 11.8 Å². The molecule has 0 aromatic heterocycles. The Kier molecular flexibility index (Phi) is 8.90. The Morgan fingerprint density at radius 1 is 1.09 bits per heavy atom. The van der Waals surface area contributed by atoms with Crippen LogP contribution in [0.2, 0.25) is 0 Å². The molecule has 5 rings (SSSR count). The predicted molar refractivity (Wildman–Crippen MR) is 157 cm³/mol. The van der Waals surface area contributed by atoms with Crippen LogP contribution in [0, 0.1) is 38.7 Å². The van der Waals surface area contributed by atoms with Crippen LogP contribution in [0.25, 0.3) is 0 Å². The van der Waals surface area contributed by atoms with Crippen molar-refractivity contribution in [3.63, 3.8) is 0 Å². The molecule has 3 fully saturated rings. The van der Waals surface area contributed by atoms with Crippen LogP contribution in [0.3, 0.4) is 0 Å². The molecule has 0 radical (unpaired) electrons. The summed E-state index contributed by atoms with van der Waals surface area (Å²) in [6.07, 6.45) is 5.50. The van der Waals surface area contributed by atoms with Crippen molar-refractivity contribution in [2.24, 2.45) is 28.6 Å². The van der Waals surface area contributed by atoms with Crippen molar-refractivity contribution in [2.75, 3.05) is 13.2 Å². The van der Waals surface area contributed by atoms with Gasteiger partial charge in [0.25, 0.3) is 5.09 Å². The predicted octanol–water partition coefficient (Wildman–Crippen LogP) is 4.24. The average Bonchev–Trinajstić information content (AvgIpc) is 3.27. The molecule has 0 bridgehead atoms. The zero-order valence-corrected chi connectivity index (χ0v) is 25.7. The van der Waals surface area contributed by atoms with E-state index < -0.39 is 52.1 Å². The topological polar surface area (TPSA) is 169 Å². The van der Waals surface area contributed by atoms with Gasteiger partial charge in [0.15, 0.2) is 18.0 Å². The van der Waals surface area contributed by atoms with Crippen LogP contribution in [0.15, 0.2) is 48.1 Å². The highest BCUT2D eigenvalue weighted by Gasteiger charge is 2.70. The molecule has 12 heteroatoms. The first kappa shape index (κ1) is 32.3. The summed E-state index contributed by atoms with van der Waals surface area (Å²) in [6, 6.07) is 6.40. The molecule has 0 amide bonds. The molecular weight excluding hydrogens is 586 g/mol. The summed E-state index contributed by atoms with van der Waals surface area (Å²) in [7, 11) is 0. The van der Waals surface area contributed by atoms with Gasteiger partial charge in [-0.2, -0.15) is 0 Å². The number of benzene rings is 1. The lowest BCUT2D eigenvalue weighted by molar-refractivity contribution is -0.763. The number of hydrogen-bond acceptors (Lipinski definition) is 11. The number of fused-ring (bicyclic) bond motifs is 5. The van der Waals surface area contributed by atoms with Crippen LogP contribution in [-0.4, -0.2) is 58.8 Å². The number of rotatable bonds is 10. The second kappa shape index (κ2) is 12.4. The molecule has 1 aromatic rings. The Morgan fingerprint density at radius 3 is 2.49 bits per heavy atom. The van der Waals surface area contributed by atoms with Crippen LogP contribution in [0.4, 0.5) is 4.79 Å². The van der Waals surface area contributed by atoms with Gasteiger partial charge in [0.1, 0.15) is 6.61 Å². The molecule has 12 nitrogen and oxygen atoms in total. The third-order valence-electron chi connectivity index (χ3n) is 10.7. The minimum absolute atomic E-state index is 0.000463. The zero-order valence-electron chi connectivity index (χ0n) is 25.7. The van der Waals surface area contributed by atoms with Gasteiger partial charge in [0.2, 0.25) is 5.78 Å². The van der Waals surface area contributed by atoms with Gasteiger partial charge in [-0.1, -0.05) is 49.8 Å². The van der Waals surface area contributed by atoms with E-state index in [4.69, 9.17) is 14.2 Å². The number of carbonyl (C=O) groups is 4. The number of aliphatic hydroxyl groups is 1. The van der Waals surface area contributed by atoms with Crippen molar-refractivity contribution >= 4 is 23.7 Å². The standard InChI is InChI=1S/C33H39NO11/c1-4-42-30(39)45-33(27(37)19-43-28(38)15-20-5-7-21(8-6-20)18-44-34(40)41)14-12-25-24-10-9-22-16-23(35)11-13-31(22,2)29(24)26(36)17-32(25,33)3/h5-8,11,13,16,24-26,29,36H,4,9-10,12,14-15,17-19H2,1-3H3/t24?,25?,26-,29?,31-,32-,33-/m0/s1. The first-order valence-electron chi connectivity index (χ1n) is 15.3. The molecule has 0 spiro atoms. The van der Waals surface area contributed by atoms with Crippen molar-refractivity contribution in [3.05, 3.63) is 69.3 Å². The molecule has 45 heavy (non-hydrogen) atoms. The van der Waals surface area contributed by atoms with Gasteiger partial charge in [-0.05, 0) is 74.1 Å². The number of ether oxygens (including phenoxy) is 3. The SMILES string of the molecule is CCOC(=O)O[C@]1(C(=O)COC(=O)Cc2ccc(CO[N+](=O)[O-])cc2)CCC2C3CCC4=CC(=O)C=C[C@]4(C)C3[C@@H](O)C[C@@]21C. The van der Waals surface area contributed by atoms with E-state index in [0.29, 0.717) is 24.0 Å². The highest BCUT2D eigenvalue weighted by Crippen LogP contribution is 2.68. The van der Waals surface area contributed by atoms with E-state index in [1.165, 1.54) is 0 Å². The Bertz CT molecular complexity index is 1430. The van der Waals surface area contributed by atoms with Crippen LogP contribution in [0.5, 0.6) is 0 Å². The second-order valence-corrected chi connectivity index (χ2v) is 12.9. The second-order valence-electron chi connectivity index (χ2n) is 12.9. The molecule has 0 saturated heterocycles. The van der Waals surface area contributed by atoms with Gasteiger partial charge in [0.05, 0.1) is 19.1 Å². The molecule has 242 valence electrons. The minimum atomic E-state index is -1.68. The first-order chi connectivity index (χ1) is 21.3. The highest BCUT2D eigenvalue weighted by molar-refractivity contribution is 6.01. The number of nitrogens with zero attached hydrogens (tertiary/aromatic N) is 1. The fourth-order valence-electron chi connectivity index (χ4n) is 8.65. The third kappa shape index (κ3) is 5.87. The van der Waals surface area contributed by atoms with E-state index in [9.17, 15) is 34.4 Å². The van der Waals surface area contributed by atoms with Gasteiger partial charge < -0.3 is 24.2 Å². The van der Waals surface area contributed by atoms with E-state index in [-0.39, 0.29) is 56.0 Å². The lowest BCUT2D eigenvalue weighted by Crippen LogP contribution is -2.63. The Labute approximate surface area is 260 Å². The zero-order chi connectivity index (χ0) is 32.6. The van der Waals surface area contributed by atoms with Crippen molar-refractivity contribution in [2.45, 2.75) is 77.6 Å².